The Balaban J connectivity index is 2.00. The van der Waals surface area contributed by atoms with Gasteiger partial charge in [-0.2, -0.15) is 0 Å². The molecule has 0 aliphatic rings. The van der Waals surface area contributed by atoms with Crippen LogP contribution in [0.4, 0.5) is 5.69 Å². The number of nitrogens with zero attached hydrogens (tertiary/aromatic N) is 2. The topological polar surface area (TPSA) is 86.8 Å². The molecule has 3 aromatic rings. The van der Waals surface area contributed by atoms with Crippen LogP contribution in [0.25, 0.3) is 0 Å². The van der Waals surface area contributed by atoms with Gasteiger partial charge in [0.05, 0.1) is 15.6 Å². The quantitative estimate of drug-likeness (QED) is 0.230. The lowest BCUT2D eigenvalue weighted by Crippen LogP contribution is -2.53. The molecule has 3 aromatic carbocycles. The van der Waals surface area contributed by atoms with E-state index >= 15 is 0 Å². The van der Waals surface area contributed by atoms with Crippen LogP contribution in [0.15, 0.2) is 83.8 Å². The molecule has 40 heavy (non-hydrogen) atoms. The van der Waals surface area contributed by atoms with E-state index in [0.29, 0.717) is 24.4 Å². The fourth-order valence-electron chi connectivity index (χ4n) is 4.32. The highest BCUT2D eigenvalue weighted by molar-refractivity contribution is 7.92. The second-order valence-corrected chi connectivity index (χ2v) is 12.0. The summed E-state index contributed by atoms with van der Waals surface area (Å²) in [5, 5.41) is 3.34. The number of sulfonamides is 1. The largest absolute Gasteiger partial charge is 0.354 e. The molecule has 10 heteroatoms. The molecule has 0 saturated heterocycles. The third kappa shape index (κ3) is 8.22. The lowest BCUT2D eigenvalue weighted by molar-refractivity contribution is -0.139. The van der Waals surface area contributed by atoms with Crippen LogP contribution >= 0.6 is 23.2 Å². The Morgan fingerprint density at radius 1 is 0.925 bits per heavy atom. The van der Waals surface area contributed by atoms with Gasteiger partial charge in [0.25, 0.3) is 10.0 Å². The Labute approximate surface area is 247 Å². The summed E-state index contributed by atoms with van der Waals surface area (Å²) in [6.45, 7) is 4.05. The highest BCUT2D eigenvalue weighted by Gasteiger charge is 2.34. The van der Waals surface area contributed by atoms with Gasteiger partial charge >= 0.3 is 0 Å². The Morgan fingerprint density at radius 3 is 2.17 bits per heavy atom. The van der Waals surface area contributed by atoms with Crippen molar-refractivity contribution < 1.29 is 18.0 Å². The van der Waals surface area contributed by atoms with Crippen molar-refractivity contribution in [2.24, 2.45) is 0 Å². The molecule has 1 N–H and O–H groups in total. The minimum atomic E-state index is -4.20. The molecule has 0 heterocycles. The van der Waals surface area contributed by atoms with Gasteiger partial charge in [-0.1, -0.05) is 92.0 Å². The zero-order valence-electron chi connectivity index (χ0n) is 22.7. The molecule has 0 saturated carbocycles. The van der Waals surface area contributed by atoms with E-state index in [2.05, 4.69) is 5.32 Å². The van der Waals surface area contributed by atoms with E-state index in [9.17, 15) is 18.0 Å². The number of unbranched alkanes of at least 4 members (excludes halogenated alkanes) is 1. The molecule has 0 spiro atoms. The summed E-state index contributed by atoms with van der Waals surface area (Å²) in [6.07, 6.45) is 2.60. The third-order valence-electron chi connectivity index (χ3n) is 6.49. The molecule has 1 unspecified atom stereocenters. The van der Waals surface area contributed by atoms with E-state index < -0.39 is 28.5 Å². The lowest BCUT2D eigenvalue weighted by Gasteiger charge is -2.33. The van der Waals surface area contributed by atoms with Crippen LogP contribution in [-0.2, 0) is 26.0 Å². The molecule has 0 aliphatic carbocycles. The minimum Gasteiger partial charge on any atom is -0.354 e. The zero-order chi connectivity index (χ0) is 29.1. The number of hydrogen-bond donors (Lipinski definition) is 1. The van der Waals surface area contributed by atoms with Gasteiger partial charge in [-0.15, -0.1) is 0 Å². The Kier molecular flexibility index (Phi) is 11.9. The van der Waals surface area contributed by atoms with Gasteiger partial charge in [0, 0.05) is 18.1 Å². The summed E-state index contributed by atoms with van der Waals surface area (Å²) in [6, 6.07) is 21.1. The maximum Gasteiger partial charge on any atom is 0.264 e. The van der Waals surface area contributed by atoms with Crippen molar-refractivity contribution in [2.75, 3.05) is 23.9 Å². The summed E-state index contributed by atoms with van der Waals surface area (Å²) in [4.78, 5) is 28.7. The Hall–Kier alpha value is -3.07. The van der Waals surface area contributed by atoms with E-state index in [1.54, 1.807) is 18.2 Å². The average molecular weight is 605 g/mol. The normalized spacial score (nSPS) is 12.0. The summed E-state index contributed by atoms with van der Waals surface area (Å²) in [5.41, 5.74) is 1.11. The van der Waals surface area contributed by atoms with Crippen LogP contribution < -0.4 is 9.62 Å². The number of amides is 2. The summed E-state index contributed by atoms with van der Waals surface area (Å²) >= 11 is 12.5. The van der Waals surface area contributed by atoms with Crippen LogP contribution in [0.5, 0.6) is 0 Å². The van der Waals surface area contributed by atoms with Gasteiger partial charge in [-0.05, 0) is 55.2 Å². The Morgan fingerprint density at radius 2 is 1.57 bits per heavy atom. The standard InChI is InChI=1S/C30H35Cl2N3O4S/c1-3-5-19-33-30(37)27(4-2)34(20-18-23-12-8-6-9-13-23)29(36)22-35(28-17-16-24(31)21-26(28)32)40(38,39)25-14-10-7-11-15-25/h6-17,21,27H,3-5,18-20,22H2,1-2H3,(H,33,37). The molecule has 0 bridgehead atoms. The molecule has 1 atom stereocenters. The van der Waals surface area contributed by atoms with Crippen molar-refractivity contribution in [3.63, 3.8) is 0 Å². The van der Waals surface area contributed by atoms with Crippen molar-refractivity contribution in [3.8, 4) is 0 Å². The molecule has 7 nitrogen and oxygen atoms in total. The van der Waals surface area contributed by atoms with Gasteiger partial charge < -0.3 is 10.2 Å². The molecule has 0 aromatic heterocycles. The van der Waals surface area contributed by atoms with Crippen molar-refractivity contribution >= 4 is 50.7 Å². The molecule has 214 valence electrons. The van der Waals surface area contributed by atoms with E-state index in [1.165, 1.54) is 35.2 Å². The molecular formula is C30H35Cl2N3O4S. The minimum absolute atomic E-state index is 0.00834. The van der Waals surface area contributed by atoms with Gasteiger partial charge in [0.2, 0.25) is 11.8 Å². The van der Waals surface area contributed by atoms with Crippen LogP contribution in [0.1, 0.15) is 38.7 Å². The van der Waals surface area contributed by atoms with Crippen molar-refractivity contribution in [1.82, 2.24) is 10.2 Å². The molecule has 0 aliphatic heterocycles. The summed E-state index contributed by atoms with van der Waals surface area (Å²) in [5.74, 6) is -0.779. The summed E-state index contributed by atoms with van der Waals surface area (Å²) < 4.78 is 28.7. The maximum atomic E-state index is 14.0. The number of hydrogen-bond acceptors (Lipinski definition) is 4. The first-order valence-corrected chi connectivity index (χ1v) is 15.5. The predicted molar refractivity (Wildman–Crippen MR) is 161 cm³/mol. The van der Waals surface area contributed by atoms with Crippen molar-refractivity contribution in [3.05, 3.63) is 94.5 Å². The van der Waals surface area contributed by atoms with Gasteiger partial charge in [0.1, 0.15) is 12.6 Å². The fraction of sp³-hybridized carbons (Fsp3) is 0.333. The highest BCUT2D eigenvalue weighted by atomic mass is 35.5. The summed E-state index contributed by atoms with van der Waals surface area (Å²) in [7, 11) is -4.20. The fourth-order valence-corrected chi connectivity index (χ4v) is 6.33. The predicted octanol–water partition coefficient (Wildman–Crippen LogP) is 5.95. The number of carbonyl (C=O) groups excluding carboxylic acids is 2. The monoisotopic (exact) mass is 603 g/mol. The number of anilines is 1. The van der Waals surface area contributed by atoms with Crippen molar-refractivity contribution in [2.45, 2.75) is 50.5 Å². The van der Waals surface area contributed by atoms with Crippen molar-refractivity contribution in [1.29, 1.82) is 0 Å². The van der Waals surface area contributed by atoms with Gasteiger partial charge in [-0.3, -0.25) is 13.9 Å². The number of benzene rings is 3. The zero-order valence-corrected chi connectivity index (χ0v) is 25.1. The average Bonchev–Trinajstić information content (AvgIpc) is 2.95. The Bertz CT molecular complexity index is 1370. The molecule has 3 rings (SSSR count). The SMILES string of the molecule is CCCCNC(=O)C(CC)N(CCc1ccccc1)C(=O)CN(c1ccc(Cl)cc1Cl)S(=O)(=O)c1ccccc1. The van der Waals surface area contributed by atoms with Crippen LogP contribution in [0.2, 0.25) is 10.0 Å². The first-order chi connectivity index (χ1) is 19.2. The number of halogens is 2. The second kappa shape index (κ2) is 15.1. The number of carbonyl (C=O) groups is 2. The molecular weight excluding hydrogens is 569 g/mol. The molecule has 0 radical (unpaired) electrons. The highest BCUT2D eigenvalue weighted by Crippen LogP contribution is 2.33. The van der Waals surface area contributed by atoms with E-state index in [4.69, 9.17) is 23.2 Å². The maximum absolute atomic E-state index is 14.0. The molecule has 2 amide bonds. The number of rotatable bonds is 14. The number of nitrogens with one attached hydrogen (secondary N) is 1. The first-order valence-electron chi connectivity index (χ1n) is 13.3. The van der Waals surface area contributed by atoms with Crippen LogP contribution in [0.3, 0.4) is 0 Å². The van der Waals surface area contributed by atoms with E-state index in [1.807, 2.05) is 44.2 Å². The third-order valence-corrected chi connectivity index (χ3v) is 8.80. The van der Waals surface area contributed by atoms with Crippen LogP contribution in [0, 0.1) is 0 Å². The van der Waals surface area contributed by atoms with E-state index in [-0.39, 0.29) is 28.1 Å². The smallest absolute Gasteiger partial charge is 0.264 e. The molecule has 0 fully saturated rings. The first kappa shape index (κ1) is 31.5. The van der Waals surface area contributed by atoms with Gasteiger partial charge in [0.15, 0.2) is 0 Å². The lowest BCUT2D eigenvalue weighted by atomic mass is 10.1. The van der Waals surface area contributed by atoms with E-state index in [0.717, 1.165) is 22.7 Å². The van der Waals surface area contributed by atoms with Crippen LogP contribution in [-0.4, -0.2) is 50.8 Å². The second-order valence-electron chi connectivity index (χ2n) is 9.31. The van der Waals surface area contributed by atoms with Gasteiger partial charge in [-0.25, -0.2) is 8.42 Å².